The Morgan fingerprint density at radius 3 is 2.91 bits per heavy atom. The fourth-order valence-electron chi connectivity index (χ4n) is 2.36. The third-order valence-electron chi connectivity index (χ3n) is 3.43. The number of rotatable bonds is 3. The van der Waals surface area contributed by atoms with Crippen LogP contribution in [0.2, 0.25) is 0 Å². The summed E-state index contributed by atoms with van der Waals surface area (Å²) in [7, 11) is 0. The summed E-state index contributed by atoms with van der Waals surface area (Å²) >= 11 is 4.48. The second kappa shape index (κ2) is 6.41. The minimum Gasteiger partial charge on any atom is -0.482 e. The highest BCUT2D eigenvalue weighted by atomic mass is 79.9. The van der Waals surface area contributed by atoms with Gasteiger partial charge in [0.15, 0.2) is 6.10 Å². The highest BCUT2D eigenvalue weighted by Gasteiger charge is 2.33. The van der Waals surface area contributed by atoms with Crippen LogP contribution in [0.25, 0.3) is 11.3 Å². The van der Waals surface area contributed by atoms with Gasteiger partial charge in [0.2, 0.25) is 10.8 Å². The first kappa shape index (κ1) is 16.1. The maximum Gasteiger partial charge on any atom is 0.367 e. The van der Waals surface area contributed by atoms with Crippen LogP contribution in [0.1, 0.15) is 39.7 Å². The zero-order valence-corrected chi connectivity index (χ0v) is 15.0. The van der Waals surface area contributed by atoms with Gasteiger partial charge in [0.1, 0.15) is 10.6 Å². The van der Waals surface area contributed by atoms with Gasteiger partial charge in [-0.15, -0.1) is 11.3 Å². The second-order valence-corrected chi connectivity index (χ2v) is 6.85. The Hall–Kier alpha value is -1.73. The second-order valence-electron chi connectivity index (χ2n) is 4.94. The number of esters is 1. The van der Waals surface area contributed by atoms with Gasteiger partial charge in [-0.05, 0) is 31.5 Å². The van der Waals surface area contributed by atoms with E-state index >= 15 is 0 Å². The molecule has 0 saturated heterocycles. The predicted molar refractivity (Wildman–Crippen MR) is 90.2 cm³/mol. The van der Waals surface area contributed by atoms with Gasteiger partial charge in [-0.1, -0.05) is 22.9 Å². The van der Waals surface area contributed by atoms with Crippen molar-refractivity contribution in [1.29, 1.82) is 0 Å². The molecule has 1 aliphatic heterocycles. The van der Waals surface area contributed by atoms with E-state index in [2.05, 4.69) is 20.9 Å². The van der Waals surface area contributed by atoms with Gasteiger partial charge in [0.05, 0.1) is 12.3 Å². The Kier molecular flexibility index (Phi) is 4.50. The number of aromatic nitrogens is 1. The third-order valence-corrected chi connectivity index (χ3v) is 4.97. The smallest absolute Gasteiger partial charge is 0.367 e. The normalized spacial score (nSPS) is 16.1. The first-order valence-electron chi connectivity index (χ1n) is 7.23. The van der Waals surface area contributed by atoms with E-state index in [0.29, 0.717) is 28.3 Å². The van der Waals surface area contributed by atoms with Crippen molar-refractivity contribution in [1.82, 2.24) is 4.98 Å². The zero-order valence-electron chi connectivity index (χ0n) is 12.6. The largest absolute Gasteiger partial charge is 0.482 e. The lowest BCUT2D eigenvalue weighted by atomic mass is 10.1. The molecule has 1 aromatic heterocycles. The summed E-state index contributed by atoms with van der Waals surface area (Å²) in [4.78, 5) is 29.5. The van der Waals surface area contributed by atoms with Gasteiger partial charge in [-0.3, -0.25) is 4.79 Å². The van der Waals surface area contributed by atoms with Crippen LogP contribution in [0.4, 0.5) is 0 Å². The molecule has 0 bridgehead atoms. The number of ether oxygens (including phenoxy) is 2. The number of hydrogen-bond acceptors (Lipinski definition) is 6. The lowest BCUT2D eigenvalue weighted by Crippen LogP contribution is -2.25. The number of nitrogens with zero attached hydrogens (tertiary/aromatic N) is 1. The first-order valence-corrected chi connectivity index (χ1v) is 8.84. The molecule has 7 heteroatoms. The molecular weight excluding hydrogens is 382 g/mol. The number of carbonyl (C=O) groups is 2. The number of fused-ring (bicyclic) bond motifs is 3. The van der Waals surface area contributed by atoms with Gasteiger partial charge >= 0.3 is 5.97 Å². The quantitative estimate of drug-likeness (QED) is 0.731. The molecule has 1 atom stereocenters. The lowest BCUT2D eigenvalue weighted by molar-refractivity contribution is 0.0526. The molecule has 1 unspecified atom stereocenters. The minimum absolute atomic E-state index is 0.150. The Morgan fingerprint density at radius 1 is 1.43 bits per heavy atom. The van der Waals surface area contributed by atoms with E-state index < -0.39 is 12.1 Å². The molecule has 23 heavy (non-hydrogen) atoms. The summed E-state index contributed by atoms with van der Waals surface area (Å²) in [6, 6.07) is 5.49. The molecule has 0 aliphatic carbocycles. The standard InChI is InChI=1S/C16H14BrNO4S/c1-3-10-13(19)14-12(18-15(23-14)16(20)21-4-2)9-7-8(17)5-6-11(9)22-10/h5-7,10H,3-4H2,1-2H3. The highest BCUT2D eigenvalue weighted by molar-refractivity contribution is 9.10. The number of benzene rings is 1. The average Bonchev–Trinajstić information content (AvgIpc) is 2.94. The van der Waals surface area contributed by atoms with Crippen LogP contribution in [-0.4, -0.2) is 29.4 Å². The lowest BCUT2D eigenvalue weighted by Gasteiger charge is -2.14. The molecule has 5 nitrogen and oxygen atoms in total. The van der Waals surface area contributed by atoms with E-state index in [1.54, 1.807) is 13.0 Å². The molecule has 0 N–H and O–H groups in total. The highest BCUT2D eigenvalue weighted by Crippen LogP contribution is 2.40. The van der Waals surface area contributed by atoms with Crippen molar-refractivity contribution in [3.63, 3.8) is 0 Å². The third kappa shape index (κ3) is 2.90. The molecular formula is C16H14BrNO4S. The molecule has 0 fully saturated rings. The molecule has 0 radical (unpaired) electrons. The van der Waals surface area contributed by atoms with Gasteiger partial charge in [0, 0.05) is 10.0 Å². The van der Waals surface area contributed by atoms with Crippen molar-refractivity contribution < 1.29 is 19.1 Å². The van der Waals surface area contributed by atoms with Crippen LogP contribution in [-0.2, 0) is 4.74 Å². The zero-order chi connectivity index (χ0) is 16.6. The number of Topliss-reactive ketones (excluding diaryl/α,β-unsaturated/α-hetero) is 1. The van der Waals surface area contributed by atoms with E-state index in [-0.39, 0.29) is 17.4 Å². The molecule has 0 saturated carbocycles. The summed E-state index contributed by atoms with van der Waals surface area (Å²) in [5, 5.41) is 0.188. The molecule has 0 amide bonds. The van der Waals surface area contributed by atoms with E-state index in [1.807, 2.05) is 19.1 Å². The Balaban J connectivity index is 2.19. The Morgan fingerprint density at radius 2 is 2.22 bits per heavy atom. The summed E-state index contributed by atoms with van der Waals surface area (Å²) in [6.45, 7) is 3.88. The number of carbonyl (C=O) groups excluding carboxylic acids is 2. The van der Waals surface area contributed by atoms with Crippen LogP contribution >= 0.6 is 27.3 Å². The molecule has 2 heterocycles. The SMILES string of the molecule is CCOC(=O)c1nc2c(s1)C(=O)C(CC)Oc1ccc(Br)cc1-2. The molecule has 2 aromatic rings. The number of ketones is 1. The number of halogens is 1. The van der Waals surface area contributed by atoms with Crippen LogP contribution in [0, 0.1) is 0 Å². The predicted octanol–water partition coefficient (Wildman–Crippen LogP) is 4.10. The number of hydrogen-bond donors (Lipinski definition) is 0. The van der Waals surface area contributed by atoms with Gasteiger partial charge in [-0.25, -0.2) is 9.78 Å². The molecule has 0 spiro atoms. The summed E-state index contributed by atoms with van der Waals surface area (Å²) < 4.78 is 11.7. The summed E-state index contributed by atoms with van der Waals surface area (Å²) in [5.41, 5.74) is 1.18. The molecule has 1 aliphatic rings. The van der Waals surface area contributed by atoms with E-state index in [4.69, 9.17) is 9.47 Å². The van der Waals surface area contributed by atoms with E-state index in [1.165, 1.54) is 0 Å². The van der Waals surface area contributed by atoms with Crippen molar-refractivity contribution in [2.24, 2.45) is 0 Å². The van der Waals surface area contributed by atoms with Gasteiger partial charge in [0.25, 0.3) is 0 Å². The van der Waals surface area contributed by atoms with Crippen LogP contribution < -0.4 is 4.74 Å². The number of thiazole rings is 1. The molecule has 1 aromatic carbocycles. The van der Waals surface area contributed by atoms with Crippen LogP contribution in [0.5, 0.6) is 5.75 Å². The minimum atomic E-state index is -0.577. The molecule has 120 valence electrons. The van der Waals surface area contributed by atoms with Crippen LogP contribution in [0.15, 0.2) is 22.7 Å². The van der Waals surface area contributed by atoms with Crippen molar-refractivity contribution in [3.8, 4) is 17.0 Å². The fourth-order valence-corrected chi connectivity index (χ4v) is 3.68. The van der Waals surface area contributed by atoms with Crippen molar-refractivity contribution in [3.05, 3.63) is 32.6 Å². The summed E-state index contributed by atoms with van der Waals surface area (Å²) in [6.07, 6.45) is -0.0351. The van der Waals surface area contributed by atoms with Crippen LogP contribution in [0.3, 0.4) is 0 Å². The van der Waals surface area contributed by atoms with Crippen molar-refractivity contribution >= 4 is 39.0 Å². The topological polar surface area (TPSA) is 65.5 Å². The monoisotopic (exact) mass is 395 g/mol. The Bertz CT molecular complexity index is 786. The maximum atomic E-state index is 12.7. The maximum absolute atomic E-state index is 12.7. The Labute approximate surface area is 145 Å². The van der Waals surface area contributed by atoms with Gasteiger partial charge in [-0.2, -0.15) is 0 Å². The summed E-state index contributed by atoms with van der Waals surface area (Å²) in [5.74, 6) is -0.0698. The first-order chi connectivity index (χ1) is 11.0. The average molecular weight is 396 g/mol. The van der Waals surface area contributed by atoms with Crippen molar-refractivity contribution in [2.75, 3.05) is 6.61 Å². The van der Waals surface area contributed by atoms with E-state index in [9.17, 15) is 9.59 Å². The van der Waals surface area contributed by atoms with E-state index in [0.717, 1.165) is 15.8 Å². The van der Waals surface area contributed by atoms with Gasteiger partial charge < -0.3 is 9.47 Å². The van der Waals surface area contributed by atoms with Crippen molar-refractivity contribution in [2.45, 2.75) is 26.4 Å². The molecule has 3 rings (SSSR count). The fraction of sp³-hybridized carbons (Fsp3) is 0.312.